The molecule has 2 rings (SSSR count). The molecule has 6 nitrogen and oxygen atoms in total. The van der Waals surface area contributed by atoms with Gasteiger partial charge in [-0.2, -0.15) is 0 Å². The molecule has 1 aromatic carbocycles. The van der Waals surface area contributed by atoms with Crippen LogP contribution in [0, 0.1) is 5.92 Å². The molecule has 1 aliphatic heterocycles. The molecule has 0 bridgehead atoms. The van der Waals surface area contributed by atoms with Gasteiger partial charge in [-0.1, -0.05) is 13.8 Å². The van der Waals surface area contributed by atoms with E-state index in [9.17, 15) is 4.79 Å². The number of hydrogen-bond donors (Lipinski definition) is 2. The third-order valence-electron chi connectivity index (χ3n) is 3.78. The summed E-state index contributed by atoms with van der Waals surface area (Å²) in [5, 5.41) is 6.56. The first-order chi connectivity index (χ1) is 11.9. The first-order valence-electron chi connectivity index (χ1n) is 8.04. The normalized spacial score (nSPS) is 17.0. The van der Waals surface area contributed by atoms with Gasteiger partial charge in [-0.05, 0) is 43.3 Å². The quantitative estimate of drug-likeness (QED) is 0.594. The molecule has 136 valence electrons. The number of carbonyl (C=O) groups is 1. The molecule has 0 amide bonds. The van der Waals surface area contributed by atoms with E-state index in [1.54, 1.807) is 33.3 Å². The van der Waals surface area contributed by atoms with Gasteiger partial charge in [-0.25, -0.2) is 4.79 Å². The summed E-state index contributed by atoms with van der Waals surface area (Å²) in [6, 6.07) is 4.94. The minimum atomic E-state index is -0.488. The molecule has 1 aliphatic rings. The molecular weight excluding hydrogens is 340 g/mol. The van der Waals surface area contributed by atoms with Crippen LogP contribution in [0.25, 0.3) is 0 Å². The highest BCUT2D eigenvalue weighted by molar-refractivity contribution is 7.80. The molecule has 0 unspecified atom stereocenters. The fourth-order valence-electron chi connectivity index (χ4n) is 2.58. The number of hydrogen-bond acceptors (Lipinski definition) is 5. The second kappa shape index (κ2) is 8.20. The highest BCUT2D eigenvalue weighted by Crippen LogP contribution is 2.35. The molecule has 25 heavy (non-hydrogen) atoms. The smallest absolute Gasteiger partial charge is 0.338 e. The summed E-state index contributed by atoms with van der Waals surface area (Å²) in [5.41, 5.74) is 1.88. The molecule has 0 saturated heterocycles. The molecule has 0 aromatic heterocycles. The largest absolute Gasteiger partial charge is 0.497 e. The van der Waals surface area contributed by atoms with Crippen molar-refractivity contribution in [1.82, 2.24) is 10.6 Å². The second-order valence-electron chi connectivity index (χ2n) is 6.17. The third-order valence-corrected chi connectivity index (χ3v) is 4.00. The van der Waals surface area contributed by atoms with Gasteiger partial charge in [0.05, 0.1) is 32.4 Å². The number of rotatable bonds is 6. The number of methoxy groups -OCH3 is 2. The Kier molecular flexibility index (Phi) is 6.25. The van der Waals surface area contributed by atoms with Gasteiger partial charge in [0.1, 0.15) is 11.5 Å². The van der Waals surface area contributed by atoms with Crippen LogP contribution in [0.15, 0.2) is 29.5 Å². The van der Waals surface area contributed by atoms with Gasteiger partial charge in [0.15, 0.2) is 5.11 Å². The van der Waals surface area contributed by atoms with Gasteiger partial charge in [-0.3, -0.25) is 0 Å². The number of benzene rings is 1. The summed E-state index contributed by atoms with van der Waals surface area (Å²) >= 11 is 5.27. The molecule has 0 radical (unpaired) electrons. The number of carbonyl (C=O) groups excluding carboxylic acids is 1. The van der Waals surface area contributed by atoms with E-state index in [2.05, 4.69) is 10.6 Å². The lowest BCUT2D eigenvalue weighted by Gasteiger charge is -2.31. The van der Waals surface area contributed by atoms with E-state index in [-0.39, 0.29) is 11.9 Å². The maximum Gasteiger partial charge on any atom is 0.338 e. The summed E-state index contributed by atoms with van der Waals surface area (Å²) in [6.07, 6.45) is 0. The van der Waals surface area contributed by atoms with Crippen molar-refractivity contribution in [3.8, 4) is 11.5 Å². The van der Waals surface area contributed by atoms with E-state index >= 15 is 0 Å². The first-order valence-corrected chi connectivity index (χ1v) is 8.45. The summed E-state index contributed by atoms with van der Waals surface area (Å²) in [7, 11) is 3.17. The van der Waals surface area contributed by atoms with Crippen molar-refractivity contribution in [2.24, 2.45) is 5.92 Å². The van der Waals surface area contributed by atoms with Gasteiger partial charge < -0.3 is 24.8 Å². The van der Waals surface area contributed by atoms with Crippen molar-refractivity contribution in [2.45, 2.75) is 26.8 Å². The number of allylic oxidation sites excluding steroid dienone is 1. The summed E-state index contributed by atoms with van der Waals surface area (Å²) in [4.78, 5) is 12.7. The minimum Gasteiger partial charge on any atom is -0.497 e. The average Bonchev–Trinajstić information content (AvgIpc) is 2.58. The lowest BCUT2D eigenvalue weighted by atomic mass is 9.94. The number of nitrogens with one attached hydrogen (secondary N) is 2. The minimum absolute atomic E-state index is 0.250. The van der Waals surface area contributed by atoms with E-state index in [0.29, 0.717) is 34.5 Å². The molecule has 0 aliphatic carbocycles. The Balaban J connectivity index is 2.47. The van der Waals surface area contributed by atoms with Crippen molar-refractivity contribution in [2.75, 3.05) is 20.8 Å². The Morgan fingerprint density at radius 1 is 1.28 bits per heavy atom. The van der Waals surface area contributed by atoms with Crippen LogP contribution in [-0.2, 0) is 9.53 Å². The van der Waals surface area contributed by atoms with Gasteiger partial charge >= 0.3 is 5.97 Å². The highest BCUT2D eigenvalue weighted by Gasteiger charge is 2.33. The predicted octanol–water partition coefficient (Wildman–Crippen LogP) is 2.70. The van der Waals surface area contributed by atoms with Gasteiger partial charge in [-0.15, -0.1) is 0 Å². The van der Waals surface area contributed by atoms with E-state index < -0.39 is 6.04 Å². The lowest BCUT2D eigenvalue weighted by Crippen LogP contribution is -2.45. The second-order valence-corrected chi connectivity index (χ2v) is 6.58. The van der Waals surface area contributed by atoms with E-state index in [1.165, 1.54) is 0 Å². The van der Waals surface area contributed by atoms with Gasteiger partial charge in [0, 0.05) is 11.3 Å². The number of esters is 1. The SMILES string of the molecule is COc1ccc(OC)c([C@H]2NC(=S)NC(C)=C2C(=O)OCC(C)C)c1. The molecular formula is C18H24N2O4S. The zero-order valence-corrected chi connectivity index (χ0v) is 16.0. The molecule has 1 atom stereocenters. The Bertz CT molecular complexity index is 700. The molecule has 2 N–H and O–H groups in total. The van der Waals surface area contributed by atoms with Crippen LogP contribution >= 0.6 is 12.2 Å². The Morgan fingerprint density at radius 2 is 2.00 bits per heavy atom. The maximum atomic E-state index is 12.7. The Hall–Kier alpha value is -2.28. The van der Waals surface area contributed by atoms with E-state index in [4.69, 9.17) is 26.4 Å². The van der Waals surface area contributed by atoms with Crippen LogP contribution in [-0.4, -0.2) is 31.9 Å². The van der Waals surface area contributed by atoms with Crippen molar-refractivity contribution >= 4 is 23.3 Å². The monoisotopic (exact) mass is 364 g/mol. The standard InChI is InChI=1S/C18H24N2O4S/c1-10(2)9-24-17(21)15-11(3)19-18(25)20-16(15)13-8-12(22-4)6-7-14(13)23-5/h6-8,10,16H,9H2,1-5H3,(H2,19,20,25)/t16-/m1/s1. The third kappa shape index (κ3) is 4.42. The van der Waals surface area contributed by atoms with Gasteiger partial charge in [0.25, 0.3) is 0 Å². The summed E-state index contributed by atoms with van der Waals surface area (Å²) in [6.45, 7) is 6.13. The molecule has 1 aromatic rings. The lowest BCUT2D eigenvalue weighted by molar-refractivity contribution is -0.140. The molecule has 1 heterocycles. The van der Waals surface area contributed by atoms with Crippen molar-refractivity contribution < 1.29 is 19.0 Å². The van der Waals surface area contributed by atoms with Crippen LogP contribution < -0.4 is 20.1 Å². The summed E-state index contributed by atoms with van der Waals surface area (Å²) < 4.78 is 16.2. The van der Waals surface area contributed by atoms with Gasteiger partial charge in [0.2, 0.25) is 0 Å². The molecule has 7 heteroatoms. The van der Waals surface area contributed by atoms with Crippen LogP contribution in [0.4, 0.5) is 0 Å². The Labute approximate surface area is 153 Å². The zero-order chi connectivity index (χ0) is 18.6. The van der Waals surface area contributed by atoms with Crippen LogP contribution in [0.3, 0.4) is 0 Å². The van der Waals surface area contributed by atoms with Crippen molar-refractivity contribution in [1.29, 1.82) is 0 Å². The molecule has 0 fully saturated rings. The summed E-state index contributed by atoms with van der Waals surface area (Å²) in [5.74, 6) is 1.16. The topological polar surface area (TPSA) is 68.8 Å². The number of thiocarbonyl (C=S) groups is 1. The molecule has 0 spiro atoms. The van der Waals surface area contributed by atoms with Crippen molar-refractivity contribution in [3.63, 3.8) is 0 Å². The highest BCUT2D eigenvalue weighted by atomic mass is 32.1. The fraction of sp³-hybridized carbons (Fsp3) is 0.444. The van der Waals surface area contributed by atoms with Crippen LogP contribution in [0.5, 0.6) is 11.5 Å². The zero-order valence-electron chi connectivity index (χ0n) is 15.1. The van der Waals surface area contributed by atoms with E-state index in [0.717, 1.165) is 5.56 Å². The number of ether oxygens (including phenoxy) is 3. The maximum absolute atomic E-state index is 12.7. The predicted molar refractivity (Wildman–Crippen MR) is 99.7 cm³/mol. The van der Waals surface area contributed by atoms with Crippen LogP contribution in [0.1, 0.15) is 32.4 Å². The Morgan fingerprint density at radius 3 is 2.60 bits per heavy atom. The fourth-order valence-corrected chi connectivity index (χ4v) is 2.85. The van der Waals surface area contributed by atoms with Crippen LogP contribution in [0.2, 0.25) is 0 Å². The van der Waals surface area contributed by atoms with Crippen molar-refractivity contribution in [3.05, 3.63) is 35.0 Å². The molecule has 0 saturated carbocycles. The van der Waals surface area contributed by atoms with E-state index in [1.807, 2.05) is 19.9 Å². The first kappa shape index (κ1) is 19.1. The average molecular weight is 364 g/mol.